The van der Waals surface area contributed by atoms with E-state index in [0.717, 1.165) is 0 Å². The van der Waals surface area contributed by atoms with Crippen molar-refractivity contribution in [3.63, 3.8) is 0 Å². The highest BCUT2D eigenvalue weighted by Crippen LogP contribution is 2.19. The summed E-state index contributed by atoms with van der Waals surface area (Å²) in [5.41, 5.74) is 0.130. The van der Waals surface area contributed by atoms with E-state index < -0.39 is 11.7 Å². The van der Waals surface area contributed by atoms with Crippen LogP contribution < -0.4 is 5.32 Å². The number of carbonyl (C=O) groups excluding carboxylic acids is 1. The van der Waals surface area contributed by atoms with Gasteiger partial charge in [-0.1, -0.05) is 35.0 Å². The molecule has 3 nitrogen and oxygen atoms in total. The van der Waals surface area contributed by atoms with Crippen LogP contribution in [0.25, 0.3) is 0 Å². The molecule has 0 saturated carbocycles. The third kappa shape index (κ3) is 6.18. The molecule has 0 aliphatic rings. The molecule has 1 unspecified atom stereocenters. The van der Waals surface area contributed by atoms with Gasteiger partial charge in [0.1, 0.15) is 5.60 Å². The molecule has 0 aromatic heterocycles. The van der Waals surface area contributed by atoms with E-state index in [2.05, 4.69) is 17.2 Å². The molecule has 0 bridgehead atoms. The van der Waals surface area contributed by atoms with Gasteiger partial charge >= 0.3 is 6.09 Å². The zero-order valence-corrected chi connectivity index (χ0v) is 13.4. The lowest BCUT2D eigenvalue weighted by Crippen LogP contribution is -2.37. The summed E-state index contributed by atoms with van der Waals surface area (Å²) < 4.78 is 5.14. The molecule has 0 heterocycles. The third-order valence-electron chi connectivity index (χ3n) is 2.09. The molecule has 20 heavy (non-hydrogen) atoms. The predicted octanol–water partition coefficient (Wildman–Crippen LogP) is 4.26. The molecule has 108 valence electrons. The van der Waals surface area contributed by atoms with Crippen LogP contribution in [-0.4, -0.2) is 17.7 Å². The molecule has 0 spiro atoms. The second-order valence-electron chi connectivity index (χ2n) is 5.26. The Morgan fingerprint density at radius 1 is 1.35 bits per heavy atom. The summed E-state index contributed by atoms with van der Waals surface area (Å²) in [5.74, 6) is 5.78. The molecule has 5 heteroatoms. The van der Waals surface area contributed by atoms with Crippen LogP contribution in [0.3, 0.4) is 0 Å². The van der Waals surface area contributed by atoms with E-state index >= 15 is 0 Å². The minimum absolute atomic E-state index is 0.350. The summed E-state index contributed by atoms with van der Waals surface area (Å²) in [4.78, 5) is 11.5. The van der Waals surface area contributed by atoms with Crippen LogP contribution in [0.1, 0.15) is 33.3 Å². The summed E-state index contributed by atoms with van der Waals surface area (Å²) in [6.45, 7) is 7.17. The molecule has 1 N–H and O–H groups in total. The second kappa shape index (κ2) is 6.88. The predicted molar refractivity (Wildman–Crippen MR) is 82.2 cm³/mol. The number of alkyl carbamates (subject to hydrolysis) is 1. The van der Waals surface area contributed by atoms with Gasteiger partial charge in [-0.05, 0) is 45.9 Å². The molecule has 0 aliphatic heterocycles. The van der Waals surface area contributed by atoms with Crippen molar-refractivity contribution in [2.45, 2.75) is 39.3 Å². The van der Waals surface area contributed by atoms with Crippen molar-refractivity contribution in [2.75, 3.05) is 0 Å². The lowest BCUT2D eigenvalue weighted by molar-refractivity contribution is 0.0519. The number of halogens is 2. The second-order valence-corrected chi connectivity index (χ2v) is 6.11. The quantitative estimate of drug-likeness (QED) is 0.787. The first-order valence-electron chi connectivity index (χ1n) is 6.13. The number of amides is 1. The van der Waals surface area contributed by atoms with Crippen molar-refractivity contribution in [3.05, 3.63) is 33.8 Å². The number of hydrogen-bond donors (Lipinski definition) is 1. The number of ether oxygens (including phenoxy) is 1. The summed E-state index contributed by atoms with van der Waals surface area (Å²) in [6, 6.07) is 4.72. The van der Waals surface area contributed by atoms with Gasteiger partial charge in [-0.15, -0.1) is 0 Å². The van der Waals surface area contributed by atoms with Gasteiger partial charge in [0.25, 0.3) is 0 Å². The van der Waals surface area contributed by atoms with Crippen LogP contribution in [0.15, 0.2) is 18.2 Å². The van der Waals surface area contributed by atoms with Gasteiger partial charge in [0.15, 0.2) is 0 Å². The number of benzene rings is 1. The van der Waals surface area contributed by atoms with Crippen molar-refractivity contribution >= 4 is 29.3 Å². The molecule has 1 rings (SSSR count). The first kappa shape index (κ1) is 16.7. The largest absolute Gasteiger partial charge is 0.444 e. The average molecular weight is 314 g/mol. The highest BCUT2D eigenvalue weighted by molar-refractivity contribution is 6.35. The highest BCUT2D eigenvalue weighted by atomic mass is 35.5. The molecule has 1 atom stereocenters. The summed E-state index contributed by atoms with van der Waals surface area (Å²) in [7, 11) is 0. The number of nitrogens with one attached hydrogen (secondary N) is 1. The SMILES string of the molecule is CC(C#Cc1ccc(Cl)cc1Cl)NC(=O)OC(C)(C)C. The van der Waals surface area contributed by atoms with Gasteiger partial charge in [0.05, 0.1) is 11.1 Å². The molecule has 0 fully saturated rings. The van der Waals surface area contributed by atoms with Crippen LogP contribution in [0.4, 0.5) is 4.79 Å². The van der Waals surface area contributed by atoms with Crippen molar-refractivity contribution in [1.29, 1.82) is 0 Å². The zero-order chi connectivity index (χ0) is 15.3. The number of rotatable bonds is 1. The summed E-state index contributed by atoms with van der Waals surface area (Å²) in [5, 5.41) is 3.67. The van der Waals surface area contributed by atoms with Crippen molar-refractivity contribution in [2.24, 2.45) is 0 Å². The Labute approximate surface area is 129 Å². The fraction of sp³-hybridized carbons (Fsp3) is 0.400. The van der Waals surface area contributed by atoms with Gasteiger partial charge in [-0.25, -0.2) is 4.79 Å². The van der Waals surface area contributed by atoms with Crippen LogP contribution in [-0.2, 0) is 4.74 Å². The average Bonchev–Trinajstić information content (AvgIpc) is 2.24. The van der Waals surface area contributed by atoms with E-state index in [4.69, 9.17) is 27.9 Å². The maximum absolute atomic E-state index is 11.5. The minimum atomic E-state index is -0.531. The molecule has 0 radical (unpaired) electrons. The Balaban J connectivity index is 2.65. The fourth-order valence-corrected chi connectivity index (χ4v) is 1.75. The standard InChI is InChI=1S/C15H17Cl2NO2/c1-10(18-14(19)20-15(2,3)4)5-6-11-7-8-12(16)9-13(11)17/h7-10H,1-4H3,(H,18,19). The van der Waals surface area contributed by atoms with Crippen molar-refractivity contribution in [3.8, 4) is 11.8 Å². The Morgan fingerprint density at radius 3 is 2.55 bits per heavy atom. The summed E-state index contributed by atoms with van der Waals surface area (Å²) in [6.07, 6.45) is -0.499. The Morgan fingerprint density at radius 2 is 2.00 bits per heavy atom. The van der Waals surface area contributed by atoms with Gasteiger partial charge in [-0.2, -0.15) is 0 Å². The third-order valence-corrected chi connectivity index (χ3v) is 2.64. The Bertz CT molecular complexity index is 553. The van der Waals surface area contributed by atoms with E-state index in [-0.39, 0.29) is 6.04 Å². The van der Waals surface area contributed by atoms with Gasteiger partial charge < -0.3 is 10.1 Å². The first-order chi connectivity index (χ1) is 9.17. The number of hydrogen-bond acceptors (Lipinski definition) is 2. The Kier molecular flexibility index (Phi) is 5.74. The first-order valence-corrected chi connectivity index (χ1v) is 6.89. The van der Waals surface area contributed by atoms with Crippen LogP contribution in [0, 0.1) is 11.8 Å². The van der Waals surface area contributed by atoms with E-state index in [1.807, 2.05) is 0 Å². The molecule has 1 aromatic carbocycles. The maximum atomic E-state index is 11.5. The maximum Gasteiger partial charge on any atom is 0.408 e. The molecule has 1 aromatic rings. The summed E-state index contributed by atoms with van der Waals surface area (Å²) >= 11 is 11.8. The van der Waals surface area contributed by atoms with Gasteiger partial charge in [-0.3, -0.25) is 0 Å². The van der Waals surface area contributed by atoms with Crippen molar-refractivity contribution < 1.29 is 9.53 Å². The molecular formula is C15H17Cl2NO2. The van der Waals surface area contributed by atoms with Gasteiger partial charge in [0, 0.05) is 10.6 Å². The molecular weight excluding hydrogens is 297 g/mol. The molecule has 1 amide bonds. The Hall–Kier alpha value is -1.37. The lowest BCUT2D eigenvalue weighted by atomic mass is 10.2. The number of carbonyl (C=O) groups is 1. The smallest absolute Gasteiger partial charge is 0.408 e. The lowest BCUT2D eigenvalue weighted by Gasteiger charge is -2.20. The van der Waals surface area contributed by atoms with E-state index in [0.29, 0.717) is 15.6 Å². The van der Waals surface area contributed by atoms with Crippen LogP contribution in [0.5, 0.6) is 0 Å². The van der Waals surface area contributed by atoms with Crippen molar-refractivity contribution in [1.82, 2.24) is 5.32 Å². The minimum Gasteiger partial charge on any atom is -0.444 e. The highest BCUT2D eigenvalue weighted by Gasteiger charge is 2.16. The topological polar surface area (TPSA) is 38.3 Å². The van der Waals surface area contributed by atoms with Gasteiger partial charge in [0.2, 0.25) is 0 Å². The van der Waals surface area contributed by atoms with Crippen LogP contribution >= 0.6 is 23.2 Å². The fourth-order valence-electron chi connectivity index (χ4n) is 1.30. The monoisotopic (exact) mass is 313 g/mol. The van der Waals surface area contributed by atoms with E-state index in [9.17, 15) is 4.79 Å². The van der Waals surface area contributed by atoms with E-state index in [1.54, 1.807) is 45.9 Å². The van der Waals surface area contributed by atoms with E-state index in [1.165, 1.54) is 0 Å². The molecule has 0 saturated heterocycles. The normalized spacial score (nSPS) is 12.1. The zero-order valence-electron chi connectivity index (χ0n) is 11.9. The molecule has 0 aliphatic carbocycles. The van der Waals surface area contributed by atoms with Crippen LogP contribution in [0.2, 0.25) is 10.0 Å².